The van der Waals surface area contributed by atoms with E-state index in [2.05, 4.69) is 36.5 Å². The fourth-order valence-electron chi connectivity index (χ4n) is 5.03. The average molecular weight is 683 g/mol. The molecule has 0 saturated carbocycles. The maximum atomic E-state index is 14.3. The van der Waals surface area contributed by atoms with Crippen molar-refractivity contribution in [1.82, 2.24) is 19.6 Å². The van der Waals surface area contributed by atoms with E-state index >= 15 is 0 Å². The van der Waals surface area contributed by atoms with Crippen LogP contribution in [0.3, 0.4) is 0 Å². The molecule has 2 aliphatic rings. The fraction of sp³-hybridized carbons (Fsp3) is 0.393. The first-order valence-corrected chi connectivity index (χ1v) is 15.7. The van der Waals surface area contributed by atoms with Crippen LogP contribution in [0.5, 0.6) is 5.75 Å². The van der Waals surface area contributed by atoms with E-state index in [1.165, 1.54) is 32.4 Å². The number of rotatable bonds is 9. The number of sulfonamides is 1. The van der Waals surface area contributed by atoms with Crippen LogP contribution in [0.1, 0.15) is 30.5 Å². The van der Waals surface area contributed by atoms with Gasteiger partial charge in [0.15, 0.2) is 0 Å². The molecule has 15 heteroatoms. The van der Waals surface area contributed by atoms with Gasteiger partial charge in [0.1, 0.15) is 23.8 Å². The summed E-state index contributed by atoms with van der Waals surface area (Å²) in [6.45, 7) is 1.23. The summed E-state index contributed by atoms with van der Waals surface area (Å²) in [4.78, 5) is 21.9. The van der Waals surface area contributed by atoms with E-state index in [0.29, 0.717) is 34.3 Å². The molecule has 3 N–H and O–H groups in total. The number of benzene rings is 2. The zero-order valence-electron chi connectivity index (χ0n) is 23.3. The van der Waals surface area contributed by atoms with Crippen LogP contribution in [0, 0.1) is 5.82 Å². The van der Waals surface area contributed by atoms with E-state index in [4.69, 9.17) is 9.47 Å². The quantitative estimate of drug-likeness (QED) is 0.310. The van der Waals surface area contributed by atoms with Gasteiger partial charge in [-0.2, -0.15) is 4.31 Å². The normalized spacial score (nSPS) is 21.1. The Kier molecular flexibility index (Phi) is 9.27. The second kappa shape index (κ2) is 12.8. The lowest BCUT2D eigenvalue weighted by Gasteiger charge is -2.26. The topological polar surface area (TPSA) is 143 Å². The number of ether oxygens (including phenoxy) is 2. The number of fused-ring (bicyclic) bond motifs is 1. The number of carbonyl (C=O) groups is 1. The molecule has 3 heterocycles. The Balaban J connectivity index is 1.35. The number of nitrogens with one attached hydrogen (secondary N) is 2. The van der Waals surface area contributed by atoms with E-state index in [1.807, 2.05) is 0 Å². The molecule has 11 nitrogen and oxygen atoms in total. The van der Waals surface area contributed by atoms with Crippen molar-refractivity contribution in [2.24, 2.45) is 0 Å². The summed E-state index contributed by atoms with van der Waals surface area (Å²) in [7, 11) is -2.74. The van der Waals surface area contributed by atoms with Crippen LogP contribution in [-0.4, -0.2) is 78.9 Å². The van der Waals surface area contributed by atoms with Crippen molar-refractivity contribution in [2.75, 3.05) is 32.2 Å². The third-order valence-electron chi connectivity index (χ3n) is 7.44. The van der Waals surface area contributed by atoms with Crippen molar-refractivity contribution >= 4 is 37.8 Å². The maximum absolute atomic E-state index is 14.3. The highest BCUT2D eigenvalue weighted by molar-refractivity contribution is 9.10. The van der Waals surface area contributed by atoms with Crippen molar-refractivity contribution < 1.29 is 36.6 Å². The van der Waals surface area contributed by atoms with Crippen LogP contribution in [0.15, 0.2) is 52.0 Å². The smallest absolute Gasteiger partial charge is 0.244 e. The minimum absolute atomic E-state index is 0.0170. The number of nitrogens with zero attached hydrogens (tertiary/aromatic N) is 3. The number of halogens is 3. The maximum Gasteiger partial charge on any atom is 0.244 e. The minimum Gasteiger partial charge on any atom is -0.497 e. The molecular weight excluding hydrogens is 652 g/mol. The first kappa shape index (κ1) is 31.2. The molecule has 4 atom stereocenters. The predicted molar refractivity (Wildman–Crippen MR) is 156 cm³/mol. The number of aliphatic hydroxyl groups is 1. The molecule has 2 aromatic carbocycles. The lowest BCUT2D eigenvalue weighted by molar-refractivity contribution is -0.125. The van der Waals surface area contributed by atoms with E-state index in [0.717, 1.165) is 16.4 Å². The van der Waals surface area contributed by atoms with Crippen LogP contribution in [0.25, 0.3) is 11.3 Å². The van der Waals surface area contributed by atoms with Crippen molar-refractivity contribution in [1.29, 1.82) is 0 Å². The largest absolute Gasteiger partial charge is 0.497 e. The van der Waals surface area contributed by atoms with Gasteiger partial charge in [-0.25, -0.2) is 27.2 Å². The monoisotopic (exact) mass is 681 g/mol. The number of aromatic nitrogens is 2. The Hall–Kier alpha value is -3.24. The van der Waals surface area contributed by atoms with Gasteiger partial charge in [-0.3, -0.25) is 4.79 Å². The minimum atomic E-state index is -4.11. The van der Waals surface area contributed by atoms with Gasteiger partial charge in [0.25, 0.3) is 0 Å². The Labute approximate surface area is 255 Å². The first-order valence-electron chi connectivity index (χ1n) is 13.4. The standard InChI is InChI=1S/C28H30BrF2N5O6S/c1-15(27(38)33-24(13-37)18-7-19(30)10-20(8-18)41-2)36-12-17-4-3-16(9-25(17)43(36,39)40)26-21(29)11-32-28(35-26)34-23-5-6-42-14-22(23)31/h3-4,7-11,15,22-24,37H,5-6,12-14H2,1-2H3,(H,33,38)(H,32,34,35)/t15-,22-,23?,24-/m1/s1. The van der Waals surface area contributed by atoms with Crippen molar-refractivity contribution in [2.45, 2.75) is 49.1 Å². The number of aliphatic hydroxyl groups excluding tert-OH is 1. The van der Waals surface area contributed by atoms with Gasteiger partial charge in [0, 0.05) is 31.0 Å². The number of hydrogen-bond donors (Lipinski definition) is 3. The summed E-state index contributed by atoms with van der Waals surface area (Å²) in [5.41, 5.74) is 1.63. The molecule has 43 heavy (non-hydrogen) atoms. The molecule has 0 aliphatic carbocycles. The van der Waals surface area contributed by atoms with Gasteiger partial charge < -0.3 is 25.2 Å². The van der Waals surface area contributed by atoms with Gasteiger partial charge in [-0.15, -0.1) is 0 Å². The van der Waals surface area contributed by atoms with E-state index in [1.54, 1.807) is 12.1 Å². The summed E-state index contributed by atoms with van der Waals surface area (Å²) < 4.78 is 67.4. The number of amides is 1. The van der Waals surface area contributed by atoms with Gasteiger partial charge in [-0.05, 0) is 58.6 Å². The molecule has 0 radical (unpaired) electrons. The molecule has 230 valence electrons. The number of alkyl halides is 1. The summed E-state index contributed by atoms with van der Waals surface area (Å²) in [6.07, 6.45) is 0.733. The summed E-state index contributed by atoms with van der Waals surface area (Å²) in [6, 6.07) is 5.98. The number of anilines is 1. The van der Waals surface area contributed by atoms with E-state index in [-0.39, 0.29) is 35.3 Å². The highest BCUT2D eigenvalue weighted by Gasteiger charge is 2.41. The predicted octanol–water partition coefficient (Wildman–Crippen LogP) is 3.34. The molecule has 2 aliphatic heterocycles. The lowest BCUT2D eigenvalue weighted by Crippen LogP contribution is -2.46. The second-order valence-electron chi connectivity index (χ2n) is 10.2. The van der Waals surface area contributed by atoms with E-state index in [9.17, 15) is 27.1 Å². The summed E-state index contributed by atoms with van der Waals surface area (Å²) in [5, 5.41) is 15.5. The van der Waals surface area contributed by atoms with Crippen LogP contribution in [-0.2, 0) is 26.1 Å². The SMILES string of the molecule is COc1cc(F)cc([C@@H](CO)NC(=O)[C@@H](C)N2Cc3ccc(-c4nc(NC5CCOC[C@H]5F)ncc4Br)cc3S2(=O)=O)c1. The van der Waals surface area contributed by atoms with Gasteiger partial charge in [0.2, 0.25) is 21.9 Å². The van der Waals surface area contributed by atoms with Crippen molar-refractivity contribution in [3.05, 3.63) is 64.0 Å². The first-order chi connectivity index (χ1) is 20.5. The third-order valence-corrected chi connectivity index (χ3v) is 10.0. The molecule has 5 rings (SSSR count). The number of hydrogen-bond acceptors (Lipinski definition) is 9. The Morgan fingerprint density at radius 2 is 2.09 bits per heavy atom. The molecular formula is C28H30BrF2N5O6S. The highest BCUT2D eigenvalue weighted by atomic mass is 79.9. The molecule has 0 spiro atoms. The van der Waals surface area contributed by atoms with Crippen molar-refractivity contribution in [3.8, 4) is 17.0 Å². The van der Waals surface area contributed by atoms with Crippen LogP contribution in [0.2, 0.25) is 0 Å². The van der Waals surface area contributed by atoms with E-state index < -0.39 is 52.7 Å². The van der Waals surface area contributed by atoms with Crippen LogP contribution < -0.4 is 15.4 Å². The van der Waals surface area contributed by atoms with Crippen LogP contribution >= 0.6 is 15.9 Å². The molecule has 0 bridgehead atoms. The number of methoxy groups -OCH3 is 1. The molecule has 1 saturated heterocycles. The average Bonchev–Trinajstić information content (AvgIpc) is 3.26. The van der Waals surface area contributed by atoms with Gasteiger partial charge in [-0.1, -0.05) is 12.1 Å². The Morgan fingerprint density at radius 1 is 1.30 bits per heavy atom. The Bertz CT molecular complexity index is 1630. The molecule has 1 fully saturated rings. The van der Waals surface area contributed by atoms with Gasteiger partial charge in [0.05, 0.1) is 47.5 Å². The number of carbonyl (C=O) groups excluding carboxylic acids is 1. The fourth-order valence-corrected chi connectivity index (χ4v) is 7.26. The summed E-state index contributed by atoms with van der Waals surface area (Å²) in [5.74, 6) is -0.890. The zero-order chi connectivity index (χ0) is 30.9. The molecule has 1 aromatic heterocycles. The molecule has 3 aromatic rings. The van der Waals surface area contributed by atoms with Crippen LogP contribution in [0.4, 0.5) is 14.7 Å². The third kappa shape index (κ3) is 6.50. The molecule has 1 amide bonds. The second-order valence-corrected chi connectivity index (χ2v) is 13.0. The van der Waals surface area contributed by atoms with Crippen molar-refractivity contribution in [3.63, 3.8) is 0 Å². The Morgan fingerprint density at radius 3 is 2.81 bits per heavy atom. The zero-order valence-corrected chi connectivity index (χ0v) is 25.7. The molecule has 1 unspecified atom stereocenters. The lowest BCUT2D eigenvalue weighted by atomic mass is 10.1. The highest BCUT2D eigenvalue weighted by Crippen LogP contribution is 2.37. The van der Waals surface area contributed by atoms with Gasteiger partial charge >= 0.3 is 0 Å². The summed E-state index contributed by atoms with van der Waals surface area (Å²) >= 11 is 3.42.